The topological polar surface area (TPSA) is 20.3 Å². The molecule has 0 aliphatic carbocycles. The SMILES string of the molecule is C[C@H]1CCC(=O)N(C)C1. The monoisotopic (exact) mass is 127 g/mol. The highest BCUT2D eigenvalue weighted by Crippen LogP contribution is 2.14. The first-order chi connectivity index (χ1) is 4.20. The van der Waals surface area contributed by atoms with Gasteiger partial charge in [0.05, 0.1) is 0 Å². The van der Waals surface area contributed by atoms with E-state index in [4.69, 9.17) is 0 Å². The summed E-state index contributed by atoms with van der Waals surface area (Å²) in [5, 5.41) is 0. The molecule has 52 valence electrons. The number of piperidine rings is 1. The molecule has 0 radical (unpaired) electrons. The predicted octanol–water partition coefficient (Wildman–Crippen LogP) is 0.875. The fourth-order valence-electron chi connectivity index (χ4n) is 1.22. The molecule has 0 aromatic rings. The van der Waals surface area contributed by atoms with Gasteiger partial charge >= 0.3 is 0 Å². The highest BCUT2D eigenvalue weighted by Gasteiger charge is 2.18. The lowest BCUT2D eigenvalue weighted by Crippen LogP contribution is -2.35. The third kappa shape index (κ3) is 1.44. The van der Waals surface area contributed by atoms with Gasteiger partial charge in [-0.25, -0.2) is 0 Å². The van der Waals surface area contributed by atoms with Crippen molar-refractivity contribution in [3.63, 3.8) is 0 Å². The van der Waals surface area contributed by atoms with E-state index in [0.29, 0.717) is 11.8 Å². The molecule has 1 rings (SSSR count). The van der Waals surface area contributed by atoms with Gasteiger partial charge < -0.3 is 4.90 Å². The van der Waals surface area contributed by atoms with Gasteiger partial charge in [0.1, 0.15) is 0 Å². The summed E-state index contributed by atoms with van der Waals surface area (Å²) in [6, 6.07) is 0. The number of carbonyl (C=O) groups excluding carboxylic acids is 1. The molecule has 2 nitrogen and oxygen atoms in total. The summed E-state index contributed by atoms with van der Waals surface area (Å²) >= 11 is 0. The summed E-state index contributed by atoms with van der Waals surface area (Å²) in [6.07, 6.45) is 1.82. The van der Waals surface area contributed by atoms with E-state index in [1.807, 2.05) is 11.9 Å². The van der Waals surface area contributed by atoms with Gasteiger partial charge in [-0.1, -0.05) is 6.92 Å². The fraction of sp³-hybridized carbons (Fsp3) is 0.857. The van der Waals surface area contributed by atoms with Crippen molar-refractivity contribution >= 4 is 5.91 Å². The Kier molecular flexibility index (Phi) is 1.74. The number of hydrogen-bond donors (Lipinski definition) is 0. The highest BCUT2D eigenvalue weighted by atomic mass is 16.2. The molecule has 0 aromatic carbocycles. The lowest BCUT2D eigenvalue weighted by Gasteiger charge is -2.26. The first kappa shape index (κ1) is 6.59. The third-order valence-electron chi connectivity index (χ3n) is 1.86. The van der Waals surface area contributed by atoms with Crippen LogP contribution < -0.4 is 0 Å². The molecular weight excluding hydrogens is 114 g/mol. The Morgan fingerprint density at radius 3 is 2.78 bits per heavy atom. The van der Waals surface area contributed by atoms with Crippen molar-refractivity contribution in [2.75, 3.05) is 13.6 Å². The predicted molar refractivity (Wildman–Crippen MR) is 36.0 cm³/mol. The van der Waals surface area contributed by atoms with Crippen LogP contribution in [-0.4, -0.2) is 24.4 Å². The van der Waals surface area contributed by atoms with Gasteiger partial charge in [-0.15, -0.1) is 0 Å². The van der Waals surface area contributed by atoms with Crippen LogP contribution in [0.5, 0.6) is 0 Å². The van der Waals surface area contributed by atoms with E-state index < -0.39 is 0 Å². The molecule has 2 heteroatoms. The van der Waals surface area contributed by atoms with E-state index in [2.05, 4.69) is 6.92 Å². The van der Waals surface area contributed by atoms with E-state index in [1.165, 1.54) is 0 Å². The zero-order valence-electron chi connectivity index (χ0n) is 6.05. The summed E-state index contributed by atoms with van der Waals surface area (Å²) in [7, 11) is 1.87. The van der Waals surface area contributed by atoms with Crippen LogP contribution in [0.25, 0.3) is 0 Å². The van der Waals surface area contributed by atoms with Crippen LogP contribution in [0.4, 0.5) is 0 Å². The molecule has 1 aliphatic heterocycles. The molecule has 1 fully saturated rings. The summed E-state index contributed by atoms with van der Waals surface area (Å²) in [5.41, 5.74) is 0. The molecule has 9 heavy (non-hydrogen) atoms. The number of likely N-dealkylation sites (tertiary alicyclic amines) is 1. The van der Waals surface area contributed by atoms with Crippen LogP contribution in [0.1, 0.15) is 19.8 Å². The molecule has 0 bridgehead atoms. The largest absolute Gasteiger partial charge is 0.345 e. The van der Waals surface area contributed by atoms with Crippen molar-refractivity contribution in [2.24, 2.45) is 5.92 Å². The van der Waals surface area contributed by atoms with E-state index in [0.717, 1.165) is 19.4 Å². The number of rotatable bonds is 0. The molecule has 1 atom stereocenters. The van der Waals surface area contributed by atoms with Gasteiger partial charge in [-0.3, -0.25) is 4.79 Å². The first-order valence-corrected chi connectivity index (χ1v) is 3.44. The highest BCUT2D eigenvalue weighted by molar-refractivity contribution is 5.76. The minimum absolute atomic E-state index is 0.299. The average molecular weight is 127 g/mol. The second-order valence-electron chi connectivity index (χ2n) is 2.92. The molecule has 0 aromatic heterocycles. The summed E-state index contributed by atoms with van der Waals surface area (Å²) < 4.78 is 0. The number of nitrogens with zero attached hydrogens (tertiary/aromatic N) is 1. The molecule has 0 spiro atoms. The summed E-state index contributed by atoms with van der Waals surface area (Å²) in [6.45, 7) is 3.13. The Labute approximate surface area is 55.8 Å². The van der Waals surface area contributed by atoms with Crippen LogP contribution >= 0.6 is 0 Å². The molecule has 0 unspecified atom stereocenters. The van der Waals surface area contributed by atoms with Gasteiger partial charge in [0.2, 0.25) is 5.91 Å². The number of hydrogen-bond acceptors (Lipinski definition) is 1. The second kappa shape index (κ2) is 2.38. The maximum atomic E-state index is 10.9. The smallest absolute Gasteiger partial charge is 0.222 e. The minimum Gasteiger partial charge on any atom is -0.345 e. The van der Waals surface area contributed by atoms with E-state index >= 15 is 0 Å². The van der Waals surface area contributed by atoms with Crippen LogP contribution in [0.15, 0.2) is 0 Å². The second-order valence-corrected chi connectivity index (χ2v) is 2.92. The fourth-order valence-corrected chi connectivity index (χ4v) is 1.22. The third-order valence-corrected chi connectivity index (χ3v) is 1.86. The van der Waals surface area contributed by atoms with Crippen molar-refractivity contribution in [1.29, 1.82) is 0 Å². The molecule has 1 saturated heterocycles. The van der Waals surface area contributed by atoms with Crippen molar-refractivity contribution in [3.8, 4) is 0 Å². The Morgan fingerprint density at radius 2 is 2.33 bits per heavy atom. The Morgan fingerprint density at radius 1 is 1.67 bits per heavy atom. The molecule has 1 amide bonds. The summed E-state index contributed by atoms with van der Waals surface area (Å²) in [4.78, 5) is 12.7. The first-order valence-electron chi connectivity index (χ1n) is 3.44. The van der Waals surface area contributed by atoms with Crippen molar-refractivity contribution in [1.82, 2.24) is 4.90 Å². The molecule has 1 heterocycles. The van der Waals surface area contributed by atoms with Crippen LogP contribution in [0.2, 0.25) is 0 Å². The van der Waals surface area contributed by atoms with Crippen LogP contribution in [-0.2, 0) is 4.79 Å². The molecule has 0 saturated carbocycles. The quantitative estimate of drug-likeness (QED) is 0.473. The van der Waals surface area contributed by atoms with Gasteiger partial charge in [0.25, 0.3) is 0 Å². The maximum absolute atomic E-state index is 10.9. The zero-order chi connectivity index (χ0) is 6.85. The van der Waals surface area contributed by atoms with Crippen molar-refractivity contribution in [2.45, 2.75) is 19.8 Å². The summed E-state index contributed by atoms with van der Waals surface area (Å²) in [5.74, 6) is 1.00. The van der Waals surface area contributed by atoms with E-state index in [9.17, 15) is 4.79 Å². The zero-order valence-corrected chi connectivity index (χ0v) is 6.05. The number of carbonyl (C=O) groups is 1. The average Bonchev–Trinajstić information content (AvgIpc) is 1.80. The Balaban J connectivity index is 2.44. The molecule has 0 N–H and O–H groups in total. The van der Waals surface area contributed by atoms with Crippen LogP contribution in [0, 0.1) is 5.92 Å². The van der Waals surface area contributed by atoms with Gasteiger partial charge in [-0.05, 0) is 12.3 Å². The molecule has 1 aliphatic rings. The molecular formula is C7H13NO. The maximum Gasteiger partial charge on any atom is 0.222 e. The Hall–Kier alpha value is -0.530. The standard InChI is InChI=1S/C7H13NO/c1-6-3-4-7(9)8(2)5-6/h6H,3-5H2,1-2H3/t6-/m0/s1. The lowest BCUT2D eigenvalue weighted by molar-refractivity contribution is -0.132. The van der Waals surface area contributed by atoms with E-state index in [1.54, 1.807) is 0 Å². The lowest BCUT2D eigenvalue weighted by atomic mass is 10.0. The van der Waals surface area contributed by atoms with Gasteiger partial charge in [0, 0.05) is 20.0 Å². The Bertz CT molecular complexity index is 122. The van der Waals surface area contributed by atoms with Crippen molar-refractivity contribution in [3.05, 3.63) is 0 Å². The normalized spacial score (nSPS) is 28.9. The van der Waals surface area contributed by atoms with Gasteiger partial charge in [0.15, 0.2) is 0 Å². The minimum atomic E-state index is 0.299. The van der Waals surface area contributed by atoms with Crippen molar-refractivity contribution < 1.29 is 4.79 Å². The van der Waals surface area contributed by atoms with Crippen LogP contribution in [0.3, 0.4) is 0 Å². The van der Waals surface area contributed by atoms with E-state index in [-0.39, 0.29) is 0 Å². The number of amides is 1. The van der Waals surface area contributed by atoms with Gasteiger partial charge in [-0.2, -0.15) is 0 Å².